The quantitative estimate of drug-likeness (QED) is 0.432. The number of aromatic amines is 1. The SMILES string of the molecule is Cn1c(=O)[nH]/c(=N\c2ccc(Oc3ncc(C(N)=O)s3)cc2)n(Cc2ccc(Cl)cc2)c1=O. The Morgan fingerprint density at radius 2 is 1.88 bits per heavy atom. The highest BCUT2D eigenvalue weighted by atomic mass is 35.5. The highest BCUT2D eigenvalue weighted by Gasteiger charge is 2.09. The van der Waals surface area contributed by atoms with Gasteiger partial charge in [0.1, 0.15) is 10.6 Å². The Balaban J connectivity index is 1.66. The lowest BCUT2D eigenvalue weighted by Gasteiger charge is -2.09. The molecule has 12 heteroatoms. The zero-order valence-electron chi connectivity index (χ0n) is 17.2. The van der Waals surface area contributed by atoms with Crippen LogP contribution in [0.15, 0.2) is 69.3 Å². The molecule has 0 atom stereocenters. The van der Waals surface area contributed by atoms with Crippen LogP contribution < -0.4 is 27.5 Å². The van der Waals surface area contributed by atoms with Crippen molar-refractivity contribution >= 4 is 34.5 Å². The zero-order chi connectivity index (χ0) is 23.5. The Bertz CT molecular complexity index is 1500. The third kappa shape index (κ3) is 5.10. The average Bonchev–Trinajstić information content (AvgIpc) is 3.26. The number of halogens is 1. The monoisotopic (exact) mass is 484 g/mol. The number of thiazole rings is 1. The number of rotatable bonds is 6. The van der Waals surface area contributed by atoms with Gasteiger partial charge in [0.2, 0.25) is 5.62 Å². The first-order valence-electron chi connectivity index (χ1n) is 9.53. The van der Waals surface area contributed by atoms with Crippen molar-refractivity contribution in [1.82, 2.24) is 19.1 Å². The minimum Gasteiger partial charge on any atom is -0.431 e. The Morgan fingerprint density at radius 3 is 2.52 bits per heavy atom. The van der Waals surface area contributed by atoms with Crippen LogP contribution in [0.5, 0.6) is 10.9 Å². The van der Waals surface area contributed by atoms with E-state index >= 15 is 0 Å². The number of carbonyl (C=O) groups excluding carboxylic acids is 1. The van der Waals surface area contributed by atoms with Gasteiger partial charge in [-0.05, 0) is 42.0 Å². The highest BCUT2D eigenvalue weighted by molar-refractivity contribution is 7.15. The molecule has 0 unspecified atom stereocenters. The largest absolute Gasteiger partial charge is 0.431 e. The minimum absolute atomic E-state index is 0.0951. The molecule has 3 N–H and O–H groups in total. The summed E-state index contributed by atoms with van der Waals surface area (Å²) in [6.45, 7) is 0.187. The predicted octanol–water partition coefficient (Wildman–Crippen LogP) is 2.16. The molecule has 2 heterocycles. The number of primary amides is 1. The van der Waals surface area contributed by atoms with Gasteiger partial charge < -0.3 is 10.5 Å². The van der Waals surface area contributed by atoms with Crippen molar-refractivity contribution in [1.29, 1.82) is 0 Å². The molecule has 4 aromatic rings. The van der Waals surface area contributed by atoms with Crippen molar-refractivity contribution < 1.29 is 9.53 Å². The fourth-order valence-corrected chi connectivity index (χ4v) is 3.60. The van der Waals surface area contributed by atoms with Crippen LogP contribution in [0, 0.1) is 0 Å². The van der Waals surface area contributed by atoms with Gasteiger partial charge in [0, 0.05) is 12.1 Å². The lowest BCUT2D eigenvalue weighted by atomic mass is 10.2. The maximum Gasteiger partial charge on any atom is 0.335 e. The number of carbonyl (C=O) groups is 1. The van der Waals surface area contributed by atoms with E-state index in [2.05, 4.69) is 15.0 Å². The highest BCUT2D eigenvalue weighted by Crippen LogP contribution is 2.27. The van der Waals surface area contributed by atoms with E-state index in [1.807, 2.05) is 0 Å². The van der Waals surface area contributed by atoms with Crippen LogP contribution in [0.3, 0.4) is 0 Å². The minimum atomic E-state index is -0.583. The van der Waals surface area contributed by atoms with Gasteiger partial charge in [-0.15, -0.1) is 0 Å². The van der Waals surface area contributed by atoms with Crippen LogP contribution in [0.2, 0.25) is 5.02 Å². The molecular formula is C21H17ClN6O4S. The first kappa shape index (κ1) is 22.2. The Labute approximate surface area is 195 Å². The number of ether oxygens (including phenoxy) is 1. The van der Waals surface area contributed by atoms with Gasteiger partial charge in [-0.25, -0.2) is 24.1 Å². The van der Waals surface area contributed by atoms with Gasteiger partial charge in [-0.2, -0.15) is 0 Å². The van der Waals surface area contributed by atoms with Crippen LogP contribution in [-0.4, -0.2) is 25.0 Å². The van der Waals surface area contributed by atoms with Crippen LogP contribution in [0.4, 0.5) is 5.69 Å². The Hall–Kier alpha value is -3.96. The Morgan fingerprint density at radius 1 is 1.18 bits per heavy atom. The molecule has 33 heavy (non-hydrogen) atoms. The number of H-pyrrole nitrogens is 1. The summed E-state index contributed by atoms with van der Waals surface area (Å²) in [5.41, 5.74) is 5.51. The number of benzene rings is 2. The van der Waals surface area contributed by atoms with Crippen LogP contribution in [0.25, 0.3) is 0 Å². The van der Waals surface area contributed by atoms with Gasteiger partial charge in [-0.1, -0.05) is 35.1 Å². The second-order valence-corrected chi connectivity index (χ2v) is 8.30. The van der Waals surface area contributed by atoms with Gasteiger partial charge in [-0.3, -0.25) is 14.3 Å². The second kappa shape index (κ2) is 9.27. The fourth-order valence-electron chi connectivity index (χ4n) is 2.84. The summed E-state index contributed by atoms with van der Waals surface area (Å²) in [6.07, 6.45) is 1.34. The van der Waals surface area contributed by atoms with E-state index in [1.165, 1.54) is 17.8 Å². The van der Waals surface area contributed by atoms with E-state index in [1.54, 1.807) is 48.5 Å². The van der Waals surface area contributed by atoms with E-state index in [4.69, 9.17) is 22.1 Å². The molecule has 2 aromatic heterocycles. The van der Waals surface area contributed by atoms with E-state index in [9.17, 15) is 14.4 Å². The lowest BCUT2D eigenvalue weighted by Crippen LogP contribution is -2.48. The number of hydrogen-bond acceptors (Lipinski definition) is 7. The fraction of sp³-hybridized carbons (Fsp3) is 0.0952. The molecule has 0 saturated heterocycles. The van der Waals surface area contributed by atoms with Crippen molar-refractivity contribution in [2.24, 2.45) is 17.8 Å². The molecule has 0 radical (unpaired) electrons. The normalized spacial score (nSPS) is 11.5. The van der Waals surface area contributed by atoms with Gasteiger partial charge >= 0.3 is 11.4 Å². The number of hydrogen-bond donors (Lipinski definition) is 2. The van der Waals surface area contributed by atoms with E-state index in [-0.39, 0.29) is 22.2 Å². The molecule has 10 nitrogen and oxygen atoms in total. The average molecular weight is 485 g/mol. The third-order valence-corrected chi connectivity index (χ3v) is 5.70. The second-order valence-electron chi connectivity index (χ2n) is 6.87. The van der Waals surface area contributed by atoms with Gasteiger partial charge in [0.15, 0.2) is 0 Å². The van der Waals surface area contributed by atoms with Crippen LogP contribution in [0.1, 0.15) is 15.2 Å². The van der Waals surface area contributed by atoms with E-state index in [0.717, 1.165) is 21.5 Å². The molecule has 0 bridgehead atoms. The third-order valence-electron chi connectivity index (χ3n) is 4.56. The molecule has 0 aliphatic carbocycles. The number of aromatic nitrogens is 4. The van der Waals surface area contributed by atoms with E-state index in [0.29, 0.717) is 16.5 Å². The first-order valence-corrected chi connectivity index (χ1v) is 10.7. The Kier molecular flexibility index (Phi) is 6.24. The molecular weight excluding hydrogens is 468 g/mol. The standard InChI is InChI=1S/C21H17ClN6O4S/c1-27-19(30)26-18(28(21(27)31)11-12-2-4-13(22)5-3-12)25-14-6-8-15(9-7-14)32-20-24-10-16(33-20)17(23)29/h2-10H,11H2,1H3,(H2,23,29)(H,25,26,30). The summed E-state index contributed by atoms with van der Waals surface area (Å²) in [5, 5.41) is 0.846. The summed E-state index contributed by atoms with van der Waals surface area (Å²) in [4.78, 5) is 47.4. The topological polar surface area (TPSA) is 137 Å². The molecule has 0 fully saturated rings. The molecule has 0 saturated carbocycles. The summed E-state index contributed by atoms with van der Waals surface area (Å²) >= 11 is 6.97. The molecule has 1 amide bonds. The van der Waals surface area contributed by atoms with Crippen LogP contribution >= 0.6 is 22.9 Å². The van der Waals surface area contributed by atoms with Crippen molar-refractivity contribution in [2.75, 3.05) is 0 Å². The number of nitrogens with zero attached hydrogens (tertiary/aromatic N) is 4. The van der Waals surface area contributed by atoms with Crippen LogP contribution in [-0.2, 0) is 13.6 Å². The number of nitrogens with two attached hydrogens (primary N) is 1. The molecule has 0 aliphatic rings. The predicted molar refractivity (Wildman–Crippen MR) is 123 cm³/mol. The summed E-state index contributed by atoms with van der Waals surface area (Å²) < 4.78 is 7.94. The summed E-state index contributed by atoms with van der Waals surface area (Å²) in [6, 6.07) is 13.6. The molecule has 2 aromatic carbocycles. The van der Waals surface area contributed by atoms with Gasteiger partial charge in [0.25, 0.3) is 11.1 Å². The van der Waals surface area contributed by atoms with E-state index < -0.39 is 17.3 Å². The molecule has 0 spiro atoms. The first-order chi connectivity index (χ1) is 15.8. The smallest absolute Gasteiger partial charge is 0.335 e. The maximum atomic E-state index is 12.7. The molecule has 4 rings (SSSR count). The lowest BCUT2D eigenvalue weighted by molar-refractivity contribution is 0.100. The van der Waals surface area contributed by atoms with Crippen molar-refractivity contribution in [3.8, 4) is 10.9 Å². The summed E-state index contributed by atoms with van der Waals surface area (Å²) in [7, 11) is 1.39. The molecule has 168 valence electrons. The number of amides is 1. The van der Waals surface area contributed by atoms with Crippen molar-refractivity contribution in [3.63, 3.8) is 0 Å². The van der Waals surface area contributed by atoms with Gasteiger partial charge in [0.05, 0.1) is 18.4 Å². The number of nitrogens with one attached hydrogen (secondary N) is 1. The maximum absolute atomic E-state index is 12.7. The van der Waals surface area contributed by atoms with Crippen molar-refractivity contribution in [2.45, 2.75) is 6.54 Å². The van der Waals surface area contributed by atoms with Crippen molar-refractivity contribution in [3.05, 3.63) is 96.8 Å². The summed E-state index contributed by atoms with van der Waals surface area (Å²) in [5.74, 6) is -0.114. The zero-order valence-corrected chi connectivity index (χ0v) is 18.8. The molecule has 0 aliphatic heterocycles.